The summed E-state index contributed by atoms with van der Waals surface area (Å²) in [7, 11) is 0. The Kier molecular flexibility index (Phi) is 1.53. The highest BCUT2D eigenvalue weighted by Crippen LogP contribution is 2.24. The maximum absolute atomic E-state index is 5.63. The van der Waals surface area contributed by atoms with Crippen molar-refractivity contribution in [3.8, 4) is 11.6 Å². The molecular formula is C10H7N3O2. The lowest BCUT2D eigenvalue weighted by Gasteiger charge is -1.88. The van der Waals surface area contributed by atoms with Crippen LogP contribution in [0.3, 0.4) is 0 Å². The first kappa shape index (κ1) is 8.05. The first-order chi connectivity index (χ1) is 7.33. The molecule has 2 N–H and O–H groups in total. The van der Waals surface area contributed by atoms with Crippen molar-refractivity contribution >= 4 is 16.8 Å². The van der Waals surface area contributed by atoms with Crippen molar-refractivity contribution in [2.75, 3.05) is 5.73 Å². The van der Waals surface area contributed by atoms with E-state index in [4.69, 9.17) is 14.7 Å². The van der Waals surface area contributed by atoms with Crippen LogP contribution in [-0.4, -0.2) is 10.1 Å². The number of nitrogens with zero attached hydrogens (tertiary/aromatic N) is 2. The molecule has 3 aromatic rings. The van der Waals surface area contributed by atoms with Crippen molar-refractivity contribution in [3.63, 3.8) is 0 Å². The van der Waals surface area contributed by atoms with Gasteiger partial charge in [0, 0.05) is 17.8 Å². The maximum Gasteiger partial charge on any atom is 0.249 e. The largest absolute Gasteiger partial charge is 0.435 e. The molecule has 0 unspecified atom stereocenters. The van der Waals surface area contributed by atoms with E-state index >= 15 is 0 Å². The number of fused-ring (bicyclic) bond motifs is 1. The zero-order valence-corrected chi connectivity index (χ0v) is 7.68. The van der Waals surface area contributed by atoms with Gasteiger partial charge in [-0.2, -0.15) is 0 Å². The zero-order valence-electron chi connectivity index (χ0n) is 7.68. The van der Waals surface area contributed by atoms with Crippen LogP contribution in [0.25, 0.3) is 22.7 Å². The van der Waals surface area contributed by atoms with E-state index in [1.54, 1.807) is 24.3 Å². The Bertz CT molecular complexity index is 598. The van der Waals surface area contributed by atoms with Crippen molar-refractivity contribution in [1.29, 1.82) is 0 Å². The second kappa shape index (κ2) is 2.84. The summed E-state index contributed by atoms with van der Waals surface area (Å²) in [5.74, 6) is 0.435. The highest BCUT2D eigenvalue weighted by Gasteiger charge is 2.10. The summed E-state index contributed by atoms with van der Waals surface area (Å²) in [5.41, 5.74) is 8.25. The number of hydrogen-bond acceptors (Lipinski definition) is 5. The zero-order chi connectivity index (χ0) is 10.3. The molecule has 0 aliphatic carbocycles. The van der Waals surface area contributed by atoms with E-state index in [-0.39, 0.29) is 0 Å². The number of rotatable bonds is 1. The van der Waals surface area contributed by atoms with E-state index in [0.717, 1.165) is 5.52 Å². The molecule has 2 heterocycles. The van der Waals surface area contributed by atoms with Crippen molar-refractivity contribution in [2.45, 2.75) is 0 Å². The van der Waals surface area contributed by atoms with Gasteiger partial charge in [-0.15, -0.1) is 0 Å². The maximum atomic E-state index is 5.63. The van der Waals surface area contributed by atoms with Crippen molar-refractivity contribution in [1.82, 2.24) is 10.1 Å². The number of nitrogen functional groups attached to an aromatic ring is 1. The first-order valence-electron chi connectivity index (χ1n) is 4.40. The molecule has 0 radical (unpaired) electrons. The predicted octanol–water partition coefficient (Wildman–Crippen LogP) is 2.06. The van der Waals surface area contributed by atoms with E-state index in [9.17, 15) is 0 Å². The number of hydrogen-bond donors (Lipinski definition) is 1. The number of benzene rings is 1. The number of oxazole rings is 1. The highest BCUT2D eigenvalue weighted by atomic mass is 16.5. The van der Waals surface area contributed by atoms with Gasteiger partial charge < -0.3 is 14.7 Å². The average Bonchev–Trinajstić information content (AvgIpc) is 2.84. The van der Waals surface area contributed by atoms with Crippen LogP contribution in [0.1, 0.15) is 0 Å². The van der Waals surface area contributed by atoms with Crippen LogP contribution in [0.5, 0.6) is 0 Å². The van der Waals surface area contributed by atoms with Gasteiger partial charge in [0.2, 0.25) is 5.89 Å². The van der Waals surface area contributed by atoms with Gasteiger partial charge in [0.25, 0.3) is 0 Å². The monoisotopic (exact) mass is 201 g/mol. The minimum atomic E-state index is 0.435. The summed E-state index contributed by atoms with van der Waals surface area (Å²) in [6, 6.07) is 7.00. The fraction of sp³-hybridized carbons (Fsp3) is 0. The summed E-state index contributed by atoms with van der Waals surface area (Å²) in [6.07, 6.45) is 1.47. The van der Waals surface area contributed by atoms with E-state index in [0.29, 0.717) is 22.9 Å². The van der Waals surface area contributed by atoms with Crippen molar-refractivity contribution < 1.29 is 8.94 Å². The molecule has 0 aliphatic heterocycles. The smallest absolute Gasteiger partial charge is 0.249 e. The third-order valence-electron chi connectivity index (χ3n) is 2.07. The molecule has 3 rings (SSSR count). The Labute approximate surface area is 84.5 Å². The van der Waals surface area contributed by atoms with Crippen LogP contribution < -0.4 is 5.73 Å². The minimum Gasteiger partial charge on any atom is -0.435 e. The molecule has 0 fully saturated rings. The fourth-order valence-corrected chi connectivity index (χ4v) is 1.37. The molecule has 0 saturated heterocycles. The first-order valence-corrected chi connectivity index (χ1v) is 4.40. The molecule has 5 heteroatoms. The van der Waals surface area contributed by atoms with E-state index < -0.39 is 0 Å². The fourth-order valence-electron chi connectivity index (χ4n) is 1.37. The highest BCUT2D eigenvalue weighted by molar-refractivity contribution is 5.78. The van der Waals surface area contributed by atoms with Crippen molar-refractivity contribution in [3.05, 3.63) is 30.5 Å². The van der Waals surface area contributed by atoms with Gasteiger partial charge in [-0.3, -0.25) is 0 Å². The van der Waals surface area contributed by atoms with Crippen LogP contribution in [0.15, 0.2) is 39.5 Å². The molecule has 1 aromatic carbocycles. The van der Waals surface area contributed by atoms with Gasteiger partial charge in [0.1, 0.15) is 11.8 Å². The summed E-state index contributed by atoms with van der Waals surface area (Å²) in [5, 5.41) is 3.74. The van der Waals surface area contributed by atoms with E-state index in [1.165, 1.54) is 6.26 Å². The normalized spacial score (nSPS) is 10.9. The van der Waals surface area contributed by atoms with Crippen LogP contribution in [0.4, 0.5) is 5.69 Å². The Hall–Kier alpha value is -2.30. The Morgan fingerprint density at radius 2 is 2.13 bits per heavy atom. The van der Waals surface area contributed by atoms with Gasteiger partial charge in [-0.25, -0.2) is 4.98 Å². The lowest BCUT2D eigenvalue weighted by Crippen LogP contribution is -1.81. The van der Waals surface area contributed by atoms with Gasteiger partial charge in [-0.05, 0) is 12.1 Å². The third kappa shape index (κ3) is 1.25. The van der Waals surface area contributed by atoms with Crippen molar-refractivity contribution in [2.24, 2.45) is 0 Å². The quantitative estimate of drug-likeness (QED) is 0.609. The second-order valence-corrected chi connectivity index (χ2v) is 3.13. The van der Waals surface area contributed by atoms with E-state index in [2.05, 4.69) is 10.1 Å². The van der Waals surface area contributed by atoms with Gasteiger partial charge in [0.15, 0.2) is 11.3 Å². The van der Waals surface area contributed by atoms with E-state index in [1.807, 2.05) is 0 Å². The lowest BCUT2D eigenvalue weighted by molar-refractivity contribution is 0.419. The third-order valence-corrected chi connectivity index (χ3v) is 2.07. The molecule has 15 heavy (non-hydrogen) atoms. The van der Waals surface area contributed by atoms with Crippen LogP contribution in [0.2, 0.25) is 0 Å². The molecule has 0 amide bonds. The molecule has 0 spiro atoms. The SMILES string of the molecule is Nc1ccc2nc(-c3ccon3)oc2c1. The molecule has 0 saturated carbocycles. The molecule has 0 atom stereocenters. The van der Waals surface area contributed by atoms with Crippen LogP contribution in [-0.2, 0) is 0 Å². The Balaban J connectivity index is 2.22. The van der Waals surface area contributed by atoms with Gasteiger partial charge in [-0.1, -0.05) is 5.16 Å². The molecule has 0 aliphatic rings. The Morgan fingerprint density at radius 1 is 1.20 bits per heavy atom. The summed E-state index contributed by atoms with van der Waals surface area (Å²) in [4.78, 5) is 4.25. The topological polar surface area (TPSA) is 78.1 Å². The van der Waals surface area contributed by atoms with Gasteiger partial charge in [0.05, 0.1) is 0 Å². The molecule has 2 aromatic heterocycles. The number of aromatic nitrogens is 2. The van der Waals surface area contributed by atoms with Crippen LogP contribution >= 0.6 is 0 Å². The molecule has 5 nitrogen and oxygen atoms in total. The predicted molar refractivity (Wildman–Crippen MR) is 53.9 cm³/mol. The minimum absolute atomic E-state index is 0.435. The second-order valence-electron chi connectivity index (χ2n) is 3.13. The molecule has 74 valence electrons. The summed E-state index contributed by atoms with van der Waals surface area (Å²) < 4.78 is 10.2. The number of anilines is 1. The molecule has 0 bridgehead atoms. The lowest BCUT2D eigenvalue weighted by atomic mass is 10.3. The standard InChI is InChI=1S/C10H7N3O2/c11-6-1-2-7-9(5-6)15-10(12-7)8-3-4-14-13-8/h1-5H,11H2. The molecular weight excluding hydrogens is 194 g/mol. The average molecular weight is 201 g/mol. The summed E-state index contributed by atoms with van der Waals surface area (Å²) in [6.45, 7) is 0. The summed E-state index contributed by atoms with van der Waals surface area (Å²) >= 11 is 0. The van der Waals surface area contributed by atoms with Gasteiger partial charge >= 0.3 is 0 Å². The Morgan fingerprint density at radius 3 is 2.93 bits per heavy atom. The number of nitrogens with two attached hydrogens (primary N) is 1. The van der Waals surface area contributed by atoms with Crippen LogP contribution in [0, 0.1) is 0 Å².